The molecule has 1 saturated heterocycles. The first kappa shape index (κ1) is 48.6. The van der Waals surface area contributed by atoms with Crippen molar-refractivity contribution in [2.45, 2.75) is 18.6 Å². The van der Waals surface area contributed by atoms with Gasteiger partial charge in [0.05, 0.1) is 6.61 Å². The van der Waals surface area contributed by atoms with E-state index < -0.39 is 23.9 Å². The second kappa shape index (κ2) is 26.4. The van der Waals surface area contributed by atoms with Gasteiger partial charge in [0, 0.05) is 90.3 Å². The second-order valence-corrected chi connectivity index (χ2v) is 14.5. The largest absolute Gasteiger partial charge is 0.478 e. The fourth-order valence-corrected chi connectivity index (χ4v) is 6.13. The highest BCUT2D eigenvalue weighted by atomic mass is 35.5. The van der Waals surface area contributed by atoms with Crippen LogP contribution >= 0.6 is 46.4 Å². The van der Waals surface area contributed by atoms with Gasteiger partial charge in [0.25, 0.3) is 0 Å². The Kier molecular flexibility index (Phi) is 21.7. The van der Waals surface area contributed by atoms with Crippen LogP contribution in [0.3, 0.4) is 0 Å². The molecule has 16 heteroatoms. The predicted octanol–water partition coefficient (Wildman–Crippen LogP) is 8.64. The molecule has 0 amide bonds. The summed E-state index contributed by atoms with van der Waals surface area (Å²) in [4.78, 5) is 43.2. The van der Waals surface area contributed by atoms with Crippen molar-refractivity contribution in [1.82, 2.24) is 9.80 Å². The Morgan fingerprint density at radius 3 is 0.983 bits per heavy atom. The van der Waals surface area contributed by atoms with E-state index in [1.165, 1.54) is 0 Å². The molecule has 314 valence electrons. The molecule has 0 unspecified atom stereocenters. The van der Waals surface area contributed by atoms with E-state index in [2.05, 4.69) is 9.80 Å². The van der Waals surface area contributed by atoms with Gasteiger partial charge >= 0.3 is 23.9 Å². The zero-order valence-corrected chi connectivity index (χ0v) is 34.7. The Labute approximate surface area is 362 Å². The molecule has 12 nitrogen and oxygen atoms in total. The van der Waals surface area contributed by atoms with Crippen LogP contribution in [0.15, 0.2) is 121 Å². The summed E-state index contributed by atoms with van der Waals surface area (Å²) in [6, 6.07) is 31.4. The lowest BCUT2D eigenvalue weighted by atomic mass is 10.0. The molecule has 0 atom stereocenters. The molecule has 59 heavy (non-hydrogen) atoms. The average molecular weight is 891 g/mol. The number of piperazine rings is 1. The maximum atomic E-state index is 9.55. The summed E-state index contributed by atoms with van der Waals surface area (Å²) in [7, 11) is 0. The molecule has 5 rings (SSSR count). The van der Waals surface area contributed by atoms with Crippen LogP contribution in [-0.4, -0.2) is 107 Å². The molecule has 0 saturated carbocycles. The number of rotatable bonds is 17. The molecule has 0 aromatic heterocycles. The van der Waals surface area contributed by atoms with Crippen LogP contribution in [0, 0.1) is 0 Å². The molecule has 0 aliphatic carbocycles. The lowest BCUT2D eigenvalue weighted by Gasteiger charge is -2.35. The van der Waals surface area contributed by atoms with E-state index in [1.54, 1.807) is 0 Å². The third-order valence-electron chi connectivity index (χ3n) is 8.49. The summed E-state index contributed by atoms with van der Waals surface area (Å²) in [5.74, 6) is -5.03. The van der Waals surface area contributed by atoms with E-state index in [9.17, 15) is 19.2 Å². The monoisotopic (exact) mass is 888 g/mol. The Morgan fingerprint density at radius 1 is 0.458 bits per heavy atom. The maximum Gasteiger partial charge on any atom is 0.328 e. The first-order valence-electron chi connectivity index (χ1n) is 18.2. The van der Waals surface area contributed by atoms with Gasteiger partial charge in [-0.3, -0.25) is 4.90 Å². The first-order chi connectivity index (χ1) is 28.2. The van der Waals surface area contributed by atoms with Crippen molar-refractivity contribution < 1.29 is 49.1 Å². The Morgan fingerprint density at radius 2 is 0.712 bits per heavy atom. The lowest BCUT2D eigenvalue weighted by molar-refractivity contribution is -0.134. The van der Waals surface area contributed by atoms with E-state index in [-0.39, 0.29) is 12.2 Å². The van der Waals surface area contributed by atoms with Crippen molar-refractivity contribution in [1.29, 1.82) is 0 Å². The summed E-state index contributed by atoms with van der Waals surface area (Å²) in [5, 5.41) is 34.1. The number of aliphatic carboxylic acids is 4. The Hall–Kier alpha value is -4.76. The van der Waals surface area contributed by atoms with Crippen molar-refractivity contribution in [3.63, 3.8) is 0 Å². The molecular weight excluding hydrogens is 846 g/mol. The van der Waals surface area contributed by atoms with Crippen LogP contribution in [-0.2, 0) is 28.7 Å². The number of carboxylic acid groups (broad SMARTS) is 4. The van der Waals surface area contributed by atoms with Crippen molar-refractivity contribution in [2.24, 2.45) is 0 Å². The van der Waals surface area contributed by atoms with Crippen LogP contribution in [0.4, 0.5) is 0 Å². The number of benzene rings is 4. The van der Waals surface area contributed by atoms with Crippen LogP contribution < -0.4 is 0 Å². The van der Waals surface area contributed by atoms with Gasteiger partial charge < -0.3 is 34.8 Å². The number of nitrogens with zero attached hydrogens (tertiary/aromatic N) is 2. The summed E-state index contributed by atoms with van der Waals surface area (Å²) in [5.41, 5.74) is 4.31. The third kappa shape index (κ3) is 19.7. The number of carboxylic acids is 4. The fraction of sp³-hybridized carbons (Fsp3) is 0.256. The highest BCUT2D eigenvalue weighted by molar-refractivity contribution is 6.31. The highest BCUT2D eigenvalue weighted by Crippen LogP contribution is 2.30. The number of halogens is 4. The van der Waals surface area contributed by atoms with Gasteiger partial charge in [-0.25, -0.2) is 19.2 Å². The molecule has 0 radical (unpaired) electrons. The minimum Gasteiger partial charge on any atom is -0.478 e. The maximum absolute atomic E-state index is 9.55. The molecular formula is C43H44Cl4N2O10. The Balaban J connectivity index is 0.000000490. The zero-order valence-electron chi connectivity index (χ0n) is 31.7. The quantitative estimate of drug-likeness (QED) is 0.0588. The molecule has 4 aromatic rings. The minimum atomic E-state index is -1.26. The van der Waals surface area contributed by atoms with Crippen molar-refractivity contribution >= 4 is 70.3 Å². The van der Waals surface area contributed by atoms with Crippen molar-refractivity contribution in [3.8, 4) is 0 Å². The van der Waals surface area contributed by atoms with Gasteiger partial charge in [-0.05, 0) is 77.2 Å². The molecule has 1 heterocycles. The third-order valence-corrected chi connectivity index (χ3v) is 9.50. The summed E-state index contributed by atoms with van der Waals surface area (Å²) in [6.07, 6.45) is 2.87. The number of carbonyl (C=O) groups is 4. The zero-order chi connectivity index (χ0) is 43.2. The molecule has 1 aliphatic heterocycles. The van der Waals surface area contributed by atoms with Crippen molar-refractivity contribution in [3.05, 3.63) is 164 Å². The molecule has 0 bridgehead atoms. The van der Waals surface area contributed by atoms with E-state index >= 15 is 0 Å². The second-order valence-electron chi connectivity index (χ2n) is 12.8. The molecule has 1 aliphatic rings. The van der Waals surface area contributed by atoms with Crippen LogP contribution in [0.2, 0.25) is 20.1 Å². The average Bonchev–Trinajstić information content (AvgIpc) is 3.21. The molecule has 4 N–H and O–H groups in total. The van der Waals surface area contributed by atoms with Gasteiger partial charge in [-0.15, -0.1) is 0 Å². The summed E-state index contributed by atoms with van der Waals surface area (Å²) >= 11 is 24.5. The lowest BCUT2D eigenvalue weighted by Crippen LogP contribution is -2.47. The SMILES string of the molecule is Clc1ccc(C(OCCCN2CCN(CCOC(c3ccc(Cl)cc3)c3ccc(Cl)cc3)CC2)c2ccc(Cl)cc2)cc1.O=C(O)/C=C\C(=O)O.O=C(O)/C=C\C(=O)O. The van der Waals surface area contributed by atoms with Crippen LogP contribution in [0.25, 0.3) is 0 Å². The van der Waals surface area contributed by atoms with E-state index in [1.807, 2.05) is 97.1 Å². The highest BCUT2D eigenvalue weighted by Gasteiger charge is 2.20. The van der Waals surface area contributed by atoms with E-state index in [4.69, 9.17) is 76.3 Å². The van der Waals surface area contributed by atoms with Crippen LogP contribution in [0.1, 0.15) is 40.9 Å². The number of hydrogen-bond acceptors (Lipinski definition) is 8. The van der Waals surface area contributed by atoms with Crippen LogP contribution in [0.5, 0.6) is 0 Å². The standard InChI is InChI=1S/C35H36Cl4N2O2.2C4H4O4/c36-30-10-2-26(3-11-30)34(27-4-12-31(37)13-5-27)42-24-1-18-40-19-21-41(22-20-40)23-25-43-35(28-6-14-32(38)15-7-28)29-8-16-33(39)17-9-29;2*5-3(6)1-2-4(7)8/h2-17,34-35H,1,18-25H2;2*1-2H,(H,5,6)(H,7,8)/b;2*2-1-. The van der Waals surface area contributed by atoms with Gasteiger partial charge in [-0.1, -0.05) is 94.9 Å². The van der Waals surface area contributed by atoms with E-state index in [0.29, 0.717) is 57.6 Å². The topological polar surface area (TPSA) is 174 Å². The number of ether oxygens (including phenoxy) is 2. The smallest absolute Gasteiger partial charge is 0.328 e. The molecule has 1 fully saturated rings. The fourth-order valence-electron chi connectivity index (χ4n) is 5.63. The predicted molar refractivity (Wildman–Crippen MR) is 228 cm³/mol. The number of hydrogen-bond donors (Lipinski definition) is 4. The van der Waals surface area contributed by atoms with Crippen molar-refractivity contribution in [2.75, 3.05) is 52.5 Å². The van der Waals surface area contributed by atoms with Gasteiger partial charge in [-0.2, -0.15) is 0 Å². The molecule has 0 spiro atoms. The molecule has 4 aromatic carbocycles. The van der Waals surface area contributed by atoms with E-state index in [0.717, 1.165) is 67.9 Å². The Bertz CT molecular complexity index is 1810. The summed E-state index contributed by atoms with van der Waals surface area (Å²) < 4.78 is 12.9. The first-order valence-corrected chi connectivity index (χ1v) is 19.7. The normalized spacial score (nSPS) is 13.2. The van der Waals surface area contributed by atoms with Gasteiger partial charge in [0.1, 0.15) is 12.2 Å². The minimum absolute atomic E-state index is 0.157. The van der Waals surface area contributed by atoms with Gasteiger partial charge in [0.2, 0.25) is 0 Å². The van der Waals surface area contributed by atoms with Gasteiger partial charge in [0.15, 0.2) is 0 Å². The summed E-state index contributed by atoms with van der Waals surface area (Å²) in [6.45, 7) is 7.32.